The van der Waals surface area contributed by atoms with Crippen molar-refractivity contribution in [1.82, 2.24) is 5.32 Å². The smallest absolute Gasteiger partial charge is 0.247 e. The van der Waals surface area contributed by atoms with Crippen molar-refractivity contribution < 1.29 is 9.59 Å². The van der Waals surface area contributed by atoms with E-state index in [2.05, 4.69) is 16.7 Å². The van der Waals surface area contributed by atoms with E-state index in [1.165, 1.54) is 18.7 Å². The monoisotopic (exact) mass is 333 g/mol. The number of thioether (sulfide) groups is 1. The number of nitriles is 1. The van der Waals surface area contributed by atoms with Crippen LogP contribution >= 0.6 is 11.8 Å². The molecule has 0 heterocycles. The molecule has 1 rings (SSSR count). The summed E-state index contributed by atoms with van der Waals surface area (Å²) in [4.78, 5) is 24.6. The standard InChI is InChI=1S/C17H23N3O2S/c1-11(2)16(19-13(4)21)17(22)20-14-7-5-6-8-15(14)23-10-12(3)9-18/h5-8,11-12,16H,10H2,1-4H3,(H,19,21)(H,20,22)/t12-,16-/m1/s1. The molecule has 6 heteroatoms. The molecule has 0 bridgehead atoms. The van der Waals surface area contributed by atoms with Crippen molar-refractivity contribution in [1.29, 1.82) is 5.26 Å². The third kappa shape index (κ3) is 6.33. The minimum atomic E-state index is -0.580. The highest BCUT2D eigenvalue weighted by Crippen LogP contribution is 2.28. The van der Waals surface area contributed by atoms with E-state index in [1.807, 2.05) is 45.0 Å². The summed E-state index contributed by atoms with van der Waals surface area (Å²) in [5, 5.41) is 14.4. The van der Waals surface area contributed by atoms with E-state index < -0.39 is 6.04 Å². The number of hydrogen-bond donors (Lipinski definition) is 2. The van der Waals surface area contributed by atoms with Crippen LogP contribution in [0.5, 0.6) is 0 Å². The number of amides is 2. The molecule has 124 valence electrons. The Balaban J connectivity index is 2.84. The molecule has 0 aliphatic carbocycles. The molecule has 2 amide bonds. The van der Waals surface area contributed by atoms with Crippen molar-refractivity contribution in [2.24, 2.45) is 11.8 Å². The van der Waals surface area contributed by atoms with Gasteiger partial charge >= 0.3 is 0 Å². The molecular weight excluding hydrogens is 310 g/mol. The van der Waals surface area contributed by atoms with Crippen LogP contribution in [-0.4, -0.2) is 23.6 Å². The van der Waals surface area contributed by atoms with Gasteiger partial charge in [-0.2, -0.15) is 5.26 Å². The van der Waals surface area contributed by atoms with E-state index in [1.54, 1.807) is 0 Å². The quantitative estimate of drug-likeness (QED) is 0.751. The van der Waals surface area contributed by atoms with Crippen molar-refractivity contribution in [2.45, 2.75) is 38.6 Å². The Kier molecular flexibility index (Phi) is 7.63. The molecule has 0 aliphatic rings. The number of nitrogens with zero attached hydrogens (tertiary/aromatic N) is 1. The van der Waals surface area contributed by atoms with E-state index >= 15 is 0 Å². The van der Waals surface area contributed by atoms with Crippen LogP contribution in [0.2, 0.25) is 0 Å². The van der Waals surface area contributed by atoms with Gasteiger partial charge in [-0.25, -0.2) is 0 Å². The number of carbonyl (C=O) groups excluding carboxylic acids is 2. The fourth-order valence-electron chi connectivity index (χ4n) is 1.91. The molecule has 5 nitrogen and oxygen atoms in total. The number of benzene rings is 1. The summed E-state index contributed by atoms with van der Waals surface area (Å²) in [6.07, 6.45) is 0. The second kappa shape index (κ2) is 9.21. The second-order valence-corrected chi connectivity index (χ2v) is 6.81. The highest BCUT2D eigenvalue weighted by atomic mass is 32.2. The first-order chi connectivity index (χ1) is 10.8. The van der Waals surface area contributed by atoms with Crippen LogP contribution in [0.4, 0.5) is 5.69 Å². The average Bonchev–Trinajstić information content (AvgIpc) is 2.50. The first-order valence-corrected chi connectivity index (χ1v) is 8.53. The summed E-state index contributed by atoms with van der Waals surface area (Å²) in [6, 6.07) is 9.08. The Labute approximate surface area is 141 Å². The van der Waals surface area contributed by atoms with Crippen LogP contribution in [-0.2, 0) is 9.59 Å². The Hall–Kier alpha value is -2.00. The fraction of sp³-hybridized carbons (Fsp3) is 0.471. The maximum Gasteiger partial charge on any atom is 0.247 e. The van der Waals surface area contributed by atoms with E-state index in [9.17, 15) is 9.59 Å². The molecule has 0 unspecified atom stereocenters. The minimum Gasteiger partial charge on any atom is -0.344 e. The average molecular weight is 333 g/mol. The van der Waals surface area contributed by atoms with Crippen molar-refractivity contribution in [3.8, 4) is 6.07 Å². The van der Waals surface area contributed by atoms with Crippen molar-refractivity contribution >= 4 is 29.3 Å². The number of anilines is 1. The van der Waals surface area contributed by atoms with Gasteiger partial charge in [0.1, 0.15) is 6.04 Å². The van der Waals surface area contributed by atoms with Gasteiger partial charge < -0.3 is 10.6 Å². The number of hydrogen-bond acceptors (Lipinski definition) is 4. The molecule has 0 radical (unpaired) electrons. The van der Waals surface area contributed by atoms with E-state index in [0.717, 1.165) is 4.90 Å². The lowest BCUT2D eigenvalue weighted by Crippen LogP contribution is -2.46. The maximum absolute atomic E-state index is 12.4. The van der Waals surface area contributed by atoms with Crippen molar-refractivity contribution in [3.05, 3.63) is 24.3 Å². The summed E-state index contributed by atoms with van der Waals surface area (Å²) in [5.74, 6) is 0.104. The van der Waals surface area contributed by atoms with Crippen molar-refractivity contribution in [3.63, 3.8) is 0 Å². The predicted molar refractivity (Wildman–Crippen MR) is 93.0 cm³/mol. The van der Waals surface area contributed by atoms with Crippen LogP contribution in [0, 0.1) is 23.2 Å². The Morgan fingerprint density at radius 3 is 2.48 bits per heavy atom. The van der Waals surface area contributed by atoms with Gasteiger partial charge in [-0.15, -0.1) is 11.8 Å². The lowest BCUT2D eigenvalue weighted by Gasteiger charge is -2.21. The zero-order valence-corrected chi connectivity index (χ0v) is 14.7. The summed E-state index contributed by atoms with van der Waals surface area (Å²) in [7, 11) is 0. The van der Waals surface area contributed by atoms with E-state index in [-0.39, 0.29) is 23.7 Å². The molecule has 1 aromatic carbocycles. The van der Waals surface area contributed by atoms with E-state index in [0.29, 0.717) is 11.4 Å². The first kappa shape index (κ1) is 19.0. The largest absolute Gasteiger partial charge is 0.344 e. The van der Waals surface area contributed by atoms with Crippen LogP contribution in [0.3, 0.4) is 0 Å². The van der Waals surface area contributed by atoms with Gasteiger partial charge in [0.25, 0.3) is 0 Å². The van der Waals surface area contributed by atoms with Crippen molar-refractivity contribution in [2.75, 3.05) is 11.1 Å². The van der Waals surface area contributed by atoms with Gasteiger partial charge in [-0.05, 0) is 25.0 Å². The molecule has 0 saturated carbocycles. The maximum atomic E-state index is 12.4. The first-order valence-electron chi connectivity index (χ1n) is 7.54. The lowest BCUT2D eigenvalue weighted by molar-refractivity contribution is -0.126. The third-order valence-corrected chi connectivity index (χ3v) is 4.50. The Morgan fingerprint density at radius 2 is 1.91 bits per heavy atom. The Bertz CT molecular complexity index is 596. The zero-order chi connectivity index (χ0) is 17.4. The molecular formula is C17H23N3O2S. The lowest BCUT2D eigenvalue weighted by atomic mass is 10.0. The summed E-state index contributed by atoms with van der Waals surface area (Å²) >= 11 is 1.53. The molecule has 1 aromatic rings. The molecule has 2 N–H and O–H groups in total. The SMILES string of the molecule is CC(=O)N[C@@H](C(=O)Nc1ccccc1SC[C@H](C)C#N)C(C)C. The highest BCUT2D eigenvalue weighted by molar-refractivity contribution is 7.99. The molecule has 23 heavy (non-hydrogen) atoms. The zero-order valence-electron chi connectivity index (χ0n) is 13.9. The second-order valence-electron chi connectivity index (χ2n) is 5.75. The van der Waals surface area contributed by atoms with Gasteiger partial charge in [0, 0.05) is 17.6 Å². The van der Waals surface area contributed by atoms with E-state index in [4.69, 9.17) is 5.26 Å². The normalized spacial score (nSPS) is 13.0. The highest BCUT2D eigenvalue weighted by Gasteiger charge is 2.23. The molecule has 0 saturated heterocycles. The number of carbonyl (C=O) groups is 2. The van der Waals surface area contributed by atoms with Gasteiger partial charge in [0.2, 0.25) is 11.8 Å². The topological polar surface area (TPSA) is 82.0 Å². The van der Waals surface area contributed by atoms with Gasteiger partial charge in [0.05, 0.1) is 17.7 Å². The number of nitrogens with one attached hydrogen (secondary N) is 2. The summed E-state index contributed by atoms with van der Waals surface area (Å²) in [5.41, 5.74) is 0.698. The van der Waals surface area contributed by atoms with Gasteiger partial charge in [0.15, 0.2) is 0 Å². The Morgan fingerprint density at radius 1 is 1.26 bits per heavy atom. The minimum absolute atomic E-state index is 0.0164. The molecule has 0 fully saturated rings. The molecule has 0 aliphatic heterocycles. The molecule has 0 aromatic heterocycles. The van der Waals surface area contributed by atoms with Crippen LogP contribution in [0.1, 0.15) is 27.7 Å². The van der Waals surface area contributed by atoms with Crippen LogP contribution in [0.15, 0.2) is 29.2 Å². The van der Waals surface area contributed by atoms with Crippen LogP contribution < -0.4 is 10.6 Å². The number of para-hydroxylation sites is 1. The predicted octanol–water partition coefficient (Wildman–Crippen LogP) is 3.04. The number of rotatable bonds is 7. The van der Waals surface area contributed by atoms with Gasteiger partial charge in [-0.1, -0.05) is 26.0 Å². The van der Waals surface area contributed by atoms with Crippen LogP contribution in [0.25, 0.3) is 0 Å². The third-order valence-electron chi connectivity index (χ3n) is 3.16. The summed E-state index contributed by atoms with van der Waals surface area (Å²) < 4.78 is 0. The molecule has 0 spiro atoms. The summed E-state index contributed by atoms with van der Waals surface area (Å²) in [6.45, 7) is 7.03. The molecule has 2 atom stereocenters. The van der Waals surface area contributed by atoms with Gasteiger partial charge in [-0.3, -0.25) is 9.59 Å². The fourth-order valence-corrected chi connectivity index (χ4v) is 2.87.